The van der Waals surface area contributed by atoms with Crippen molar-refractivity contribution in [1.29, 1.82) is 0 Å². The number of unbranched alkanes of at least 4 members (excludes halogenated alkanes) is 2. The fourth-order valence-electron chi connectivity index (χ4n) is 1.46. The second-order valence-electron chi connectivity index (χ2n) is 4.59. The second kappa shape index (κ2) is 12.6. The average Bonchev–Trinajstić information content (AvgIpc) is 2.44. The first kappa shape index (κ1) is 21.1. The zero-order chi connectivity index (χ0) is 16.1. The quantitative estimate of drug-likeness (QED) is 0.406. The summed E-state index contributed by atoms with van der Waals surface area (Å²) >= 11 is 1.11. The van der Waals surface area contributed by atoms with Crippen LogP contribution in [0, 0.1) is 0 Å². The van der Waals surface area contributed by atoms with E-state index in [9.17, 15) is 14.3 Å². The van der Waals surface area contributed by atoms with Gasteiger partial charge in [-0.15, -0.1) is 0 Å². The van der Waals surface area contributed by atoms with Crippen LogP contribution in [0.1, 0.15) is 46.0 Å². The molecule has 0 aromatic heterocycles. The number of phosphoric acid groups is 1. The van der Waals surface area contributed by atoms with Crippen molar-refractivity contribution in [2.75, 3.05) is 26.9 Å². The second-order valence-corrected chi connectivity index (χ2v) is 7.51. The minimum atomic E-state index is -4.02. The standard InChI is InChI=1S/C13H27O6PS/c1-4-6-7-9-18-10-12(21-13(14)8-5-2)11-19-20(15,16)17-3/h12H,4-11H2,1-3H3,(H,15,16)/t12-/m1/s1. The summed E-state index contributed by atoms with van der Waals surface area (Å²) in [6, 6.07) is 0. The maximum absolute atomic E-state index is 11.7. The smallest absolute Gasteiger partial charge is 0.380 e. The number of thioether (sulfide) groups is 1. The number of phosphoric ester groups is 1. The van der Waals surface area contributed by atoms with Gasteiger partial charge in [0.05, 0.1) is 18.5 Å². The molecule has 0 rings (SSSR count). The van der Waals surface area contributed by atoms with E-state index in [1.165, 1.54) is 0 Å². The number of rotatable bonds is 13. The number of hydrogen-bond donors (Lipinski definition) is 1. The molecule has 0 radical (unpaired) electrons. The van der Waals surface area contributed by atoms with Crippen molar-refractivity contribution in [3.63, 3.8) is 0 Å². The third kappa shape index (κ3) is 12.3. The first-order chi connectivity index (χ1) is 9.95. The van der Waals surface area contributed by atoms with Crippen LogP contribution in [-0.2, 0) is 23.1 Å². The summed E-state index contributed by atoms with van der Waals surface area (Å²) in [7, 11) is -2.91. The third-order valence-corrected chi connectivity index (χ3v) is 4.61. The lowest BCUT2D eigenvalue weighted by Crippen LogP contribution is -2.21. The van der Waals surface area contributed by atoms with E-state index >= 15 is 0 Å². The fraction of sp³-hybridized carbons (Fsp3) is 0.923. The van der Waals surface area contributed by atoms with Gasteiger partial charge in [0.1, 0.15) is 0 Å². The Morgan fingerprint density at radius 2 is 1.95 bits per heavy atom. The molecule has 1 N–H and O–H groups in total. The topological polar surface area (TPSA) is 82.1 Å². The molecule has 0 spiro atoms. The Hall–Kier alpha value is 0.0900. The van der Waals surface area contributed by atoms with Gasteiger partial charge in [-0.25, -0.2) is 4.57 Å². The molecule has 126 valence electrons. The van der Waals surface area contributed by atoms with Gasteiger partial charge in [0.25, 0.3) is 0 Å². The van der Waals surface area contributed by atoms with Gasteiger partial charge in [-0.3, -0.25) is 13.8 Å². The zero-order valence-electron chi connectivity index (χ0n) is 13.1. The summed E-state index contributed by atoms with van der Waals surface area (Å²) in [5.74, 6) is 0. The van der Waals surface area contributed by atoms with Crippen LogP contribution >= 0.6 is 19.6 Å². The highest BCUT2D eigenvalue weighted by Crippen LogP contribution is 2.42. The van der Waals surface area contributed by atoms with E-state index in [4.69, 9.17) is 9.26 Å². The lowest BCUT2D eigenvalue weighted by Gasteiger charge is -2.17. The molecule has 0 aromatic carbocycles. The number of carbonyl (C=O) groups is 1. The van der Waals surface area contributed by atoms with Crippen molar-refractivity contribution in [3.8, 4) is 0 Å². The molecule has 0 aliphatic carbocycles. The van der Waals surface area contributed by atoms with Crippen LogP contribution in [0.25, 0.3) is 0 Å². The molecule has 0 bridgehead atoms. The van der Waals surface area contributed by atoms with Crippen molar-refractivity contribution in [1.82, 2.24) is 0 Å². The molecule has 0 aliphatic rings. The average molecular weight is 342 g/mol. The Kier molecular flexibility index (Phi) is 12.7. The Balaban J connectivity index is 4.20. The van der Waals surface area contributed by atoms with E-state index < -0.39 is 7.82 Å². The lowest BCUT2D eigenvalue weighted by molar-refractivity contribution is -0.111. The molecule has 6 nitrogen and oxygen atoms in total. The van der Waals surface area contributed by atoms with Crippen LogP contribution in [0.15, 0.2) is 0 Å². The Morgan fingerprint density at radius 3 is 2.52 bits per heavy atom. The van der Waals surface area contributed by atoms with E-state index in [0.29, 0.717) is 19.6 Å². The highest BCUT2D eigenvalue weighted by Gasteiger charge is 2.23. The molecule has 8 heteroatoms. The monoisotopic (exact) mass is 342 g/mol. The van der Waals surface area contributed by atoms with Crippen LogP contribution in [0.3, 0.4) is 0 Å². The van der Waals surface area contributed by atoms with E-state index in [-0.39, 0.29) is 17.0 Å². The van der Waals surface area contributed by atoms with Crippen molar-refractivity contribution in [2.45, 2.75) is 51.2 Å². The summed E-state index contributed by atoms with van der Waals surface area (Å²) < 4.78 is 26.0. The van der Waals surface area contributed by atoms with Crippen molar-refractivity contribution in [3.05, 3.63) is 0 Å². The SMILES string of the molecule is CCCCCOC[C@H](COP(=O)(O)OC)SC(=O)CCC. The van der Waals surface area contributed by atoms with Crippen LogP contribution in [0.5, 0.6) is 0 Å². The molecule has 0 aliphatic heterocycles. The summed E-state index contributed by atoms with van der Waals surface area (Å²) in [4.78, 5) is 20.9. The van der Waals surface area contributed by atoms with Gasteiger partial charge >= 0.3 is 7.82 Å². The summed E-state index contributed by atoms with van der Waals surface area (Å²) in [6.45, 7) is 4.91. The highest BCUT2D eigenvalue weighted by atomic mass is 32.2. The van der Waals surface area contributed by atoms with Gasteiger partial charge in [0.15, 0.2) is 5.12 Å². The van der Waals surface area contributed by atoms with Crippen LogP contribution in [0.4, 0.5) is 0 Å². The first-order valence-electron chi connectivity index (χ1n) is 7.25. The van der Waals surface area contributed by atoms with Gasteiger partial charge in [0, 0.05) is 20.1 Å². The Bertz CT molecular complexity index is 326. The predicted molar refractivity (Wildman–Crippen MR) is 84.4 cm³/mol. The van der Waals surface area contributed by atoms with E-state index in [2.05, 4.69) is 11.4 Å². The third-order valence-electron chi connectivity index (χ3n) is 2.60. The summed E-state index contributed by atoms with van der Waals surface area (Å²) in [5, 5.41) is -0.269. The Labute approximate surface area is 131 Å². The first-order valence-corrected chi connectivity index (χ1v) is 9.63. The Morgan fingerprint density at radius 1 is 1.24 bits per heavy atom. The molecule has 0 saturated heterocycles. The van der Waals surface area contributed by atoms with E-state index in [0.717, 1.165) is 44.6 Å². The molecule has 0 amide bonds. The minimum absolute atomic E-state index is 0.0356. The lowest BCUT2D eigenvalue weighted by atomic mass is 10.3. The van der Waals surface area contributed by atoms with Gasteiger partial charge in [-0.05, 0) is 12.8 Å². The largest absolute Gasteiger partial charge is 0.471 e. The van der Waals surface area contributed by atoms with Crippen LogP contribution in [0.2, 0.25) is 0 Å². The normalized spacial score (nSPS) is 15.6. The highest BCUT2D eigenvalue weighted by molar-refractivity contribution is 8.14. The molecule has 0 heterocycles. The molecule has 21 heavy (non-hydrogen) atoms. The van der Waals surface area contributed by atoms with Gasteiger partial charge < -0.3 is 9.63 Å². The molecule has 0 fully saturated rings. The van der Waals surface area contributed by atoms with E-state index in [1.807, 2.05) is 6.92 Å². The summed E-state index contributed by atoms with van der Waals surface area (Å²) in [6.07, 6.45) is 4.42. The number of carbonyl (C=O) groups excluding carboxylic acids is 1. The maximum atomic E-state index is 11.7. The van der Waals surface area contributed by atoms with Crippen molar-refractivity contribution in [2.24, 2.45) is 0 Å². The molecular weight excluding hydrogens is 315 g/mol. The fourth-order valence-corrected chi connectivity index (χ4v) is 3.03. The minimum Gasteiger partial charge on any atom is -0.380 e. The van der Waals surface area contributed by atoms with Crippen molar-refractivity contribution >= 4 is 24.7 Å². The van der Waals surface area contributed by atoms with Gasteiger partial charge in [0.2, 0.25) is 0 Å². The number of hydrogen-bond acceptors (Lipinski definition) is 6. The van der Waals surface area contributed by atoms with Crippen LogP contribution < -0.4 is 0 Å². The molecule has 0 aromatic rings. The predicted octanol–water partition coefficient (Wildman–Crippen LogP) is 3.39. The van der Waals surface area contributed by atoms with E-state index in [1.54, 1.807) is 0 Å². The van der Waals surface area contributed by atoms with Gasteiger partial charge in [-0.1, -0.05) is 38.5 Å². The summed E-state index contributed by atoms with van der Waals surface area (Å²) in [5.41, 5.74) is 0. The van der Waals surface area contributed by atoms with Crippen LogP contribution in [-0.4, -0.2) is 42.2 Å². The number of ether oxygens (including phenoxy) is 1. The molecule has 2 atom stereocenters. The van der Waals surface area contributed by atoms with Crippen molar-refractivity contribution < 1.29 is 28.0 Å². The van der Waals surface area contributed by atoms with Gasteiger partial charge in [-0.2, -0.15) is 0 Å². The maximum Gasteiger partial charge on any atom is 0.471 e. The molecule has 1 unspecified atom stereocenters. The molecule has 0 saturated carbocycles. The molecular formula is C13H27O6PS. The zero-order valence-corrected chi connectivity index (χ0v) is 14.8.